The lowest BCUT2D eigenvalue weighted by Crippen LogP contribution is -2.48. The minimum Gasteiger partial charge on any atom is -0.481 e. The van der Waals surface area contributed by atoms with E-state index in [-0.39, 0.29) is 18.4 Å². The highest BCUT2D eigenvalue weighted by molar-refractivity contribution is 5.81. The molecular formula is C11H20N2O3. The first kappa shape index (κ1) is 13.0. The van der Waals surface area contributed by atoms with Gasteiger partial charge < -0.3 is 15.7 Å². The Morgan fingerprint density at radius 2 is 2.25 bits per heavy atom. The fourth-order valence-electron chi connectivity index (χ4n) is 1.88. The predicted octanol–water partition coefficient (Wildman–Crippen LogP) is 0.355. The number of amides is 1. The van der Waals surface area contributed by atoms with Crippen LogP contribution >= 0.6 is 0 Å². The summed E-state index contributed by atoms with van der Waals surface area (Å²) in [5.74, 6) is -0.244. The number of rotatable bonds is 5. The van der Waals surface area contributed by atoms with E-state index in [1.807, 2.05) is 0 Å². The molecule has 1 aliphatic rings. The van der Waals surface area contributed by atoms with E-state index in [0.717, 1.165) is 19.4 Å². The maximum Gasteiger partial charge on any atom is 0.303 e. The van der Waals surface area contributed by atoms with Crippen LogP contribution in [0.25, 0.3) is 0 Å². The Bertz CT molecular complexity index is 256. The Kier molecular flexibility index (Phi) is 5.25. The standard InChI is InChI=1S/C11H20N2O3/c1-8-4-6-12-9(7-8)11(16)13-5-2-3-10(14)15/h8-9,12H,2-7H2,1H3,(H,13,16)(H,14,15). The van der Waals surface area contributed by atoms with E-state index in [0.29, 0.717) is 18.9 Å². The summed E-state index contributed by atoms with van der Waals surface area (Å²) in [7, 11) is 0. The lowest BCUT2D eigenvalue weighted by atomic mass is 9.94. The summed E-state index contributed by atoms with van der Waals surface area (Å²) in [5, 5.41) is 14.4. The van der Waals surface area contributed by atoms with E-state index in [2.05, 4.69) is 17.6 Å². The van der Waals surface area contributed by atoms with Crippen LogP contribution in [-0.2, 0) is 9.59 Å². The van der Waals surface area contributed by atoms with Crippen LogP contribution in [0.4, 0.5) is 0 Å². The summed E-state index contributed by atoms with van der Waals surface area (Å²) in [4.78, 5) is 21.9. The number of piperidine rings is 1. The molecule has 0 aromatic heterocycles. The highest BCUT2D eigenvalue weighted by Crippen LogP contribution is 2.14. The Morgan fingerprint density at radius 3 is 2.88 bits per heavy atom. The molecule has 2 atom stereocenters. The zero-order chi connectivity index (χ0) is 12.0. The molecule has 0 aliphatic carbocycles. The first-order valence-electron chi connectivity index (χ1n) is 5.82. The molecule has 1 amide bonds. The summed E-state index contributed by atoms with van der Waals surface area (Å²) in [6.45, 7) is 3.47. The quantitative estimate of drug-likeness (QED) is 0.593. The summed E-state index contributed by atoms with van der Waals surface area (Å²) in [6.07, 6.45) is 2.58. The summed E-state index contributed by atoms with van der Waals surface area (Å²) in [5.41, 5.74) is 0. The second-order valence-corrected chi connectivity index (χ2v) is 4.42. The summed E-state index contributed by atoms with van der Waals surface area (Å²) in [6, 6.07) is -0.103. The molecule has 0 spiro atoms. The Labute approximate surface area is 95.6 Å². The first-order valence-corrected chi connectivity index (χ1v) is 5.82. The monoisotopic (exact) mass is 228 g/mol. The molecule has 0 radical (unpaired) electrons. The number of carboxylic acids is 1. The maximum atomic E-state index is 11.7. The van der Waals surface area contributed by atoms with Gasteiger partial charge in [0, 0.05) is 13.0 Å². The number of nitrogens with one attached hydrogen (secondary N) is 2. The molecule has 0 bridgehead atoms. The van der Waals surface area contributed by atoms with Gasteiger partial charge in [-0.2, -0.15) is 0 Å². The van der Waals surface area contributed by atoms with Gasteiger partial charge in [-0.25, -0.2) is 0 Å². The maximum absolute atomic E-state index is 11.7. The first-order chi connectivity index (χ1) is 7.59. The van der Waals surface area contributed by atoms with Crippen LogP contribution in [-0.4, -0.2) is 36.1 Å². The molecule has 1 aliphatic heterocycles. The van der Waals surface area contributed by atoms with Crippen LogP contribution < -0.4 is 10.6 Å². The van der Waals surface area contributed by atoms with Crippen molar-refractivity contribution in [2.45, 2.75) is 38.6 Å². The average molecular weight is 228 g/mol. The third-order valence-corrected chi connectivity index (χ3v) is 2.85. The van der Waals surface area contributed by atoms with Crippen LogP contribution in [0.1, 0.15) is 32.6 Å². The number of carbonyl (C=O) groups is 2. The molecule has 1 rings (SSSR count). The van der Waals surface area contributed by atoms with Crippen LogP contribution in [0.15, 0.2) is 0 Å². The van der Waals surface area contributed by atoms with Gasteiger partial charge in [-0.15, -0.1) is 0 Å². The van der Waals surface area contributed by atoms with Crippen LogP contribution in [0.5, 0.6) is 0 Å². The number of hydrogen-bond acceptors (Lipinski definition) is 3. The molecule has 0 aromatic rings. The summed E-state index contributed by atoms with van der Waals surface area (Å²) < 4.78 is 0. The number of carbonyl (C=O) groups excluding carboxylic acids is 1. The molecule has 1 heterocycles. The fourth-order valence-corrected chi connectivity index (χ4v) is 1.88. The van der Waals surface area contributed by atoms with Gasteiger partial charge in [0.2, 0.25) is 5.91 Å². The van der Waals surface area contributed by atoms with Gasteiger partial charge in [-0.05, 0) is 31.7 Å². The van der Waals surface area contributed by atoms with E-state index in [1.54, 1.807) is 0 Å². The van der Waals surface area contributed by atoms with E-state index in [1.165, 1.54) is 0 Å². The van der Waals surface area contributed by atoms with Gasteiger partial charge in [0.15, 0.2) is 0 Å². The molecular weight excluding hydrogens is 208 g/mol. The van der Waals surface area contributed by atoms with Crippen molar-refractivity contribution in [3.05, 3.63) is 0 Å². The van der Waals surface area contributed by atoms with Crippen molar-refractivity contribution in [1.82, 2.24) is 10.6 Å². The van der Waals surface area contributed by atoms with Crippen molar-refractivity contribution in [3.8, 4) is 0 Å². The van der Waals surface area contributed by atoms with E-state index in [9.17, 15) is 9.59 Å². The zero-order valence-electron chi connectivity index (χ0n) is 9.66. The van der Waals surface area contributed by atoms with Crippen molar-refractivity contribution >= 4 is 11.9 Å². The van der Waals surface area contributed by atoms with Gasteiger partial charge >= 0.3 is 5.97 Å². The molecule has 2 unspecified atom stereocenters. The molecule has 16 heavy (non-hydrogen) atoms. The lowest BCUT2D eigenvalue weighted by Gasteiger charge is -2.27. The molecule has 0 saturated carbocycles. The highest BCUT2D eigenvalue weighted by atomic mass is 16.4. The predicted molar refractivity (Wildman–Crippen MR) is 60.1 cm³/mol. The molecule has 0 aromatic carbocycles. The van der Waals surface area contributed by atoms with Crippen LogP contribution in [0.2, 0.25) is 0 Å². The van der Waals surface area contributed by atoms with Gasteiger partial charge in [0.05, 0.1) is 6.04 Å². The second-order valence-electron chi connectivity index (χ2n) is 4.42. The van der Waals surface area contributed by atoms with Crippen molar-refractivity contribution in [2.24, 2.45) is 5.92 Å². The highest BCUT2D eigenvalue weighted by Gasteiger charge is 2.23. The molecule has 1 fully saturated rings. The van der Waals surface area contributed by atoms with Crippen molar-refractivity contribution in [2.75, 3.05) is 13.1 Å². The lowest BCUT2D eigenvalue weighted by molar-refractivity contribution is -0.137. The zero-order valence-corrected chi connectivity index (χ0v) is 9.66. The van der Waals surface area contributed by atoms with Crippen molar-refractivity contribution in [3.63, 3.8) is 0 Å². The molecule has 3 N–H and O–H groups in total. The summed E-state index contributed by atoms with van der Waals surface area (Å²) >= 11 is 0. The van der Waals surface area contributed by atoms with Crippen LogP contribution in [0, 0.1) is 5.92 Å². The van der Waals surface area contributed by atoms with Crippen molar-refractivity contribution < 1.29 is 14.7 Å². The number of aliphatic carboxylic acids is 1. The fraction of sp³-hybridized carbons (Fsp3) is 0.818. The van der Waals surface area contributed by atoms with Gasteiger partial charge in [-0.1, -0.05) is 6.92 Å². The van der Waals surface area contributed by atoms with E-state index in [4.69, 9.17) is 5.11 Å². The SMILES string of the molecule is CC1CCNC(C(=O)NCCCC(=O)O)C1. The topological polar surface area (TPSA) is 78.4 Å². The van der Waals surface area contributed by atoms with E-state index >= 15 is 0 Å². The van der Waals surface area contributed by atoms with Crippen molar-refractivity contribution in [1.29, 1.82) is 0 Å². The van der Waals surface area contributed by atoms with Gasteiger partial charge in [0.1, 0.15) is 0 Å². The minimum atomic E-state index is -0.821. The number of carboxylic acid groups (broad SMARTS) is 1. The van der Waals surface area contributed by atoms with Crippen LogP contribution in [0.3, 0.4) is 0 Å². The smallest absolute Gasteiger partial charge is 0.303 e. The largest absolute Gasteiger partial charge is 0.481 e. The Balaban J connectivity index is 2.16. The third-order valence-electron chi connectivity index (χ3n) is 2.85. The Morgan fingerprint density at radius 1 is 1.50 bits per heavy atom. The average Bonchev–Trinajstić information content (AvgIpc) is 2.24. The van der Waals surface area contributed by atoms with Gasteiger partial charge in [-0.3, -0.25) is 9.59 Å². The number of hydrogen-bond donors (Lipinski definition) is 3. The molecule has 5 nitrogen and oxygen atoms in total. The normalized spacial score (nSPS) is 25.1. The minimum absolute atomic E-state index is 0.00283. The Hall–Kier alpha value is -1.10. The molecule has 5 heteroatoms. The second kappa shape index (κ2) is 6.48. The van der Waals surface area contributed by atoms with E-state index < -0.39 is 5.97 Å². The molecule has 1 saturated heterocycles. The third kappa shape index (κ3) is 4.61. The molecule has 92 valence electrons. The van der Waals surface area contributed by atoms with Gasteiger partial charge in [0.25, 0.3) is 0 Å².